The van der Waals surface area contributed by atoms with E-state index in [4.69, 9.17) is 27.9 Å². The van der Waals surface area contributed by atoms with E-state index in [2.05, 4.69) is 0 Å². The van der Waals surface area contributed by atoms with Gasteiger partial charge in [0.25, 0.3) is 0 Å². The van der Waals surface area contributed by atoms with Gasteiger partial charge in [-0.1, -0.05) is 29.3 Å². The van der Waals surface area contributed by atoms with Crippen LogP contribution in [0.4, 0.5) is 0 Å². The molecule has 5 nitrogen and oxygen atoms in total. The van der Waals surface area contributed by atoms with E-state index in [1.807, 2.05) is 0 Å². The Labute approximate surface area is 140 Å². The Balaban J connectivity index is 2.28. The highest BCUT2D eigenvalue weighted by Gasteiger charge is 2.35. The maximum Gasteiger partial charge on any atom is 0.310 e. The smallest absolute Gasteiger partial charge is 0.310 e. The van der Waals surface area contributed by atoms with Gasteiger partial charge in [0.05, 0.1) is 22.6 Å². The molecule has 0 saturated carbocycles. The summed E-state index contributed by atoms with van der Waals surface area (Å²) in [6.07, 6.45) is 1.20. The van der Waals surface area contributed by atoms with Crippen LogP contribution in [0.3, 0.4) is 0 Å². The number of nitrogens with zero attached hydrogens (tertiary/aromatic N) is 1. The topological polar surface area (TPSA) is 63.7 Å². The summed E-state index contributed by atoms with van der Waals surface area (Å²) >= 11 is 12.0. The minimum Gasteiger partial charge on any atom is -0.466 e. The Morgan fingerprint density at radius 2 is 2.00 bits per heavy atom. The lowest BCUT2D eigenvalue weighted by Gasteiger charge is -2.31. The molecule has 1 aromatic rings. The maximum atomic E-state index is 12.8. The molecule has 1 heterocycles. The number of rotatable bonds is 4. The molecule has 1 atom stereocenters. The van der Waals surface area contributed by atoms with Crippen LogP contribution in [0.25, 0.3) is 0 Å². The lowest BCUT2D eigenvalue weighted by Crippen LogP contribution is -2.42. The van der Waals surface area contributed by atoms with E-state index in [0.717, 1.165) is 0 Å². The van der Waals surface area contributed by atoms with Crippen molar-refractivity contribution in [2.45, 2.75) is 24.7 Å². The Bertz CT molecular complexity index is 643. The van der Waals surface area contributed by atoms with E-state index >= 15 is 0 Å². The SMILES string of the molecule is CCOC(=O)[C@H]1CCCN(S(=O)(=O)c2c(Cl)cccc2Cl)C1. The molecule has 1 fully saturated rings. The second-order valence-corrected chi connectivity index (χ2v) is 7.69. The van der Waals surface area contributed by atoms with Crippen molar-refractivity contribution in [1.29, 1.82) is 0 Å². The predicted octanol–water partition coefficient (Wildman–Crippen LogP) is 2.96. The molecule has 22 heavy (non-hydrogen) atoms. The first-order chi connectivity index (χ1) is 10.4. The fourth-order valence-electron chi connectivity index (χ4n) is 2.47. The van der Waals surface area contributed by atoms with E-state index < -0.39 is 15.9 Å². The van der Waals surface area contributed by atoms with Gasteiger partial charge in [-0.25, -0.2) is 8.42 Å². The zero-order valence-electron chi connectivity index (χ0n) is 12.1. The summed E-state index contributed by atoms with van der Waals surface area (Å²) in [7, 11) is -3.84. The van der Waals surface area contributed by atoms with Crippen molar-refractivity contribution in [2.75, 3.05) is 19.7 Å². The van der Waals surface area contributed by atoms with Crippen LogP contribution in [0, 0.1) is 5.92 Å². The van der Waals surface area contributed by atoms with Gasteiger partial charge in [-0.3, -0.25) is 4.79 Å². The summed E-state index contributed by atoms with van der Waals surface area (Å²) in [5.74, 6) is -0.822. The van der Waals surface area contributed by atoms with Crippen LogP contribution in [-0.4, -0.2) is 38.4 Å². The summed E-state index contributed by atoms with van der Waals surface area (Å²) in [6, 6.07) is 4.54. The Hall–Kier alpha value is -0.820. The second kappa shape index (κ2) is 7.17. The van der Waals surface area contributed by atoms with Crippen LogP contribution in [0.15, 0.2) is 23.1 Å². The molecule has 0 spiro atoms. The van der Waals surface area contributed by atoms with Crippen molar-refractivity contribution in [1.82, 2.24) is 4.31 Å². The number of esters is 1. The van der Waals surface area contributed by atoms with Crippen LogP contribution in [-0.2, 0) is 19.6 Å². The van der Waals surface area contributed by atoms with Gasteiger partial charge in [0.15, 0.2) is 0 Å². The number of carbonyl (C=O) groups excluding carboxylic acids is 1. The standard InChI is InChI=1S/C14H17Cl2NO4S/c1-2-21-14(18)10-5-4-8-17(9-10)22(19,20)13-11(15)6-3-7-12(13)16/h3,6-7,10H,2,4-5,8-9H2,1H3/t10-/m0/s1. The monoisotopic (exact) mass is 365 g/mol. The van der Waals surface area contributed by atoms with Crippen molar-refractivity contribution < 1.29 is 17.9 Å². The predicted molar refractivity (Wildman–Crippen MR) is 84.6 cm³/mol. The summed E-state index contributed by atoms with van der Waals surface area (Å²) < 4.78 is 31.8. The van der Waals surface area contributed by atoms with Crippen molar-refractivity contribution in [2.24, 2.45) is 5.92 Å². The van der Waals surface area contributed by atoms with Crippen molar-refractivity contribution in [3.05, 3.63) is 28.2 Å². The third-order valence-corrected chi connectivity index (χ3v) is 6.34. The molecule has 0 aliphatic carbocycles. The van der Waals surface area contributed by atoms with E-state index in [1.165, 1.54) is 16.4 Å². The molecule has 8 heteroatoms. The number of piperidine rings is 1. The lowest BCUT2D eigenvalue weighted by atomic mass is 10.0. The number of sulfonamides is 1. The van der Waals surface area contributed by atoms with E-state index in [1.54, 1.807) is 13.0 Å². The van der Waals surface area contributed by atoms with Crippen LogP contribution >= 0.6 is 23.2 Å². The first kappa shape index (κ1) is 17.5. The van der Waals surface area contributed by atoms with Crippen LogP contribution < -0.4 is 0 Å². The van der Waals surface area contributed by atoms with Gasteiger partial charge >= 0.3 is 5.97 Å². The fourth-order valence-corrected chi connectivity index (χ4v) is 5.09. The van der Waals surface area contributed by atoms with Gasteiger partial charge in [0.1, 0.15) is 4.90 Å². The van der Waals surface area contributed by atoms with Crippen LogP contribution in [0.5, 0.6) is 0 Å². The molecule has 0 radical (unpaired) electrons. The van der Waals surface area contributed by atoms with Crippen LogP contribution in [0.1, 0.15) is 19.8 Å². The largest absolute Gasteiger partial charge is 0.466 e. The molecular formula is C14H17Cl2NO4S. The number of ether oxygens (including phenoxy) is 1. The molecular weight excluding hydrogens is 349 g/mol. The van der Waals surface area contributed by atoms with Gasteiger partial charge < -0.3 is 4.74 Å². The minimum atomic E-state index is -3.84. The number of benzene rings is 1. The van der Waals surface area contributed by atoms with Crippen molar-refractivity contribution >= 4 is 39.2 Å². The zero-order valence-corrected chi connectivity index (χ0v) is 14.4. The van der Waals surface area contributed by atoms with Gasteiger partial charge in [0, 0.05) is 13.1 Å². The minimum absolute atomic E-state index is 0.0748. The molecule has 1 saturated heterocycles. The average molecular weight is 366 g/mol. The molecule has 0 N–H and O–H groups in total. The van der Waals surface area contributed by atoms with Crippen molar-refractivity contribution in [3.63, 3.8) is 0 Å². The maximum absolute atomic E-state index is 12.8. The molecule has 1 aromatic carbocycles. The average Bonchev–Trinajstić information content (AvgIpc) is 2.47. The number of halogens is 2. The number of hydrogen-bond donors (Lipinski definition) is 0. The normalized spacial score (nSPS) is 19.9. The van der Waals surface area contributed by atoms with E-state index in [-0.39, 0.29) is 34.1 Å². The highest BCUT2D eigenvalue weighted by atomic mass is 35.5. The Morgan fingerprint density at radius 1 is 1.36 bits per heavy atom. The number of carbonyl (C=O) groups is 1. The Kier molecular flexibility index (Phi) is 5.71. The first-order valence-corrected chi connectivity index (χ1v) is 9.18. The summed E-state index contributed by atoms with van der Waals surface area (Å²) in [6.45, 7) is 2.42. The summed E-state index contributed by atoms with van der Waals surface area (Å²) in [5, 5.41) is 0.150. The number of hydrogen-bond acceptors (Lipinski definition) is 4. The highest BCUT2D eigenvalue weighted by Crippen LogP contribution is 2.33. The molecule has 122 valence electrons. The zero-order chi connectivity index (χ0) is 16.3. The Morgan fingerprint density at radius 3 is 2.59 bits per heavy atom. The first-order valence-electron chi connectivity index (χ1n) is 6.98. The van der Waals surface area contributed by atoms with Gasteiger partial charge in [-0.2, -0.15) is 4.31 Å². The van der Waals surface area contributed by atoms with E-state index in [0.29, 0.717) is 19.4 Å². The third-order valence-electron chi connectivity index (χ3n) is 3.52. The molecule has 0 bridgehead atoms. The van der Waals surface area contributed by atoms with Gasteiger partial charge in [-0.15, -0.1) is 0 Å². The summed E-state index contributed by atoms with van der Waals surface area (Å²) in [4.78, 5) is 11.7. The van der Waals surface area contributed by atoms with Crippen LogP contribution in [0.2, 0.25) is 10.0 Å². The quantitative estimate of drug-likeness (QED) is 0.769. The molecule has 0 aromatic heterocycles. The fraction of sp³-hybridized carbons (Fsp3) is 0.500. The molecule has 1 aliphatic heterocycles. The third kappa shape index (κ3) is 3.56. The molecule has 1 aliphatic rings. The van der Waals surface area contributed by atoms with E-state index in [9.17, 15) is 13.2 Å². The lowest BCUT2D eigenvalue weighted by molar-refractivity contribution is -0.149. The second-order valence-electron chi connectivity index (χ2n) is 5.01. The highest BCUT2D eigenvalue weighted by molar-refractivity contribution is 7.89. The van der Waals surface area contributed by atoms with Crippen molar-refractivity contribution in [3.8, 4) is 0 Å². The molecule has 2 rings (SSSR count). The molecule has 0 unspecified atom stereocenters. The summed E-state index contributed by atoms with van der Waals surface area (Å²) in [5.41, 5.74) is 0. The molecule has 0 amide bonds. The van der Waals surface area contributed by atoms with Gasteiger partial charge in [-0.05, 0) is 31.9 Å². The van der Waals surface area contributed by atoms with Gasteiger partial charge in [0.2, 0.25) is 10.0 Å².